The van der Waals surface area contributed by atoms with Gasteiger partial charge >= 0.3 is 0 Å². The summed E-state index contributed by atoms with van der Waals surface area (Å²) in [6.07, 6.45) is 7.73. The first kappa shape index (κ1) is 13.1. The van der Waals surface area contributed by atoms with Crippen molar-refractivity contribution in [3.05, 3.63) is 53.0 Å². The van der Waals surface area contributed by atoms with Gasteiger partial charge in [0, 0.05) is 24.3 Å². The monoisotopic (exact) mass is 330 g/mol. The largest absolute Gasteiger partial charge is 0.337 e. The molecule has 0 atom stereocenters. The number of para-hydroxylation sites is 1. The molecule has 1 aromatic carbocycles. The predicted octanol–water partition coefficient (Wildman–Crippen LogP) is 4.19. The Labute approximate surface area is 126 Å². The van der Waals surface area contributed by atoms with Crippen LogP contribution in [0, 0.1) is 0 Å². The number of fused-ring (bicyclic) bond motifs is 1. The fourth-order valence-electron chi connectivity index (χ4n) is 2.24. The maximum Gasteiger partial charge on any atom is 0.180 e. The second-order valence-corrected chi connectivity index (χ2v) is 5.41. The van der Waals surface area contributed by atoms with Gasteiger partial charge in [0.1, 0.15) is 4.60 Å². The highest BCUT2D eigenvalue weighted by molar-refractivity contribution is 9.10. The summed E-state index contributed by atoms with van der Waals surface area (Å²) in [5, 5.41) is 3.40. The van der Waals surface area contributed by atoms with Crippen LogP contribution in [0.1, 0.15) is 18.9 Å². The van der Waals surface area contributed by atoms with Crippen molar-refractivity contribution in [2.45, 2.75) is 19.8 Å². The van der Waals surface area contributed by atoms with E-state index in [4.69, 9.17) is 0 Å². The first-order valence-electron chi connectivity index (χ1n) is 6.62. The van der Waals surface area contributed by atoms with Gasteiger partial charge in [-0.3, -0.25) is 0 Å². The Morgan fingerprint density at radius 1 is 1.30 bits per heavy atom. The molecule has 1 N–H and O–H groups in total. The molecule has 0 aliphatic heterocycles. The summed E-state index contributed by atoms with van der Waals surface area (Å²) in [5.74, 6) is 0.757. The van der Waals surface area contributed by atoms with Gasteiger partial charge in [-0.2, -0.15) is 0 Å². The van der Waals surface area contributed by atoms with Crippen molar-refractivity contribution < 1.29 is 0 Å². The topological polar surface area (TPSA) is 42.2 Å². The third-order valence-corrected chi connectivity index (χ3v) is 3.52. The minimum absolute atomic E-state index is 0.757. The van der Waals surface area contributed by atoms with Crippen LogP contribution in [-0.2, 0) is 6.42 Å². The number of benzene rings is 1. The molecular weight excluding hydrogens is 316 g/mol. The number of nitrogens with zero attached hydrogens (tertiary/aromatic N) is 3. The first-order chi connectivity index (χ1) is 9.78. The van der Waals surface area contributed by atoms with E-state index < -0.39 is 0 Å². The molecule has 2 aromatic heterocycles. The first-order valence-corrected chi connectivity index (χ1v) is 7.41. The van der Waals surface area contributed by atoms with Gasteiger partial charge in [0.05, 0.1) is 0 Å². The summed E-state index contributed by atoms with van der Waals surface area (Å²) < 4.78 is 2.72. The molecule has 0 unspecified atom stereocenters. The zero-order valence-electron chi connectivity index (χ0n) is 11.2. The molecule has 5 heteroatoms. The van der Waals surface area contributed by atoms with E-state index in [0.29, 0.717) is 0 Å². The van der Waals surface area contributed by atoms with Crippen molar-refractivity contribution in [3.63, 3.8) is 0 Å². The molecule has 0 bridgehead atoms. The van der Waals surface area contributed by atoms with Crippen LogP contribution in [-0.4, -0.2) is 14.4 Å². The average Bonchev–Trinajstić information content (AvgIpc) is 2.89. The van der Waals surface area contributed by atoms with Crippen molar-refractivity contribution in [1.29, 1.82) is 0 Å². The summed E-state index contributed by atoms with van der Waals surface area (Å²) in [6.45, 7) is 2.18. The van der Waals surface area contributed by atoms with Crippen LogP contribution in [0.5, 0.6) is 0 Å². The Bertz CT molecular complexity index is 736. The van der Waals surface area contributed by atoms with Crippen LogP contribution in [0.25, 0.3) is 5.65 Å². The number of anilines is 2. The minimum atomic E-state index is 0.757. The van der Waals surface area contributed by atoms with E-state index in [2.05, 4.69) is 56.3 Å². The van der Waals surface area contributed by atoms with Crippen molar-refractivity contribution in [3.8, 4) is 0 Å². The van der Waals surface area contributed by atoms with Crippen molar-refractivity contribution in [2.75, 3.05) is 5.32 Å². The van der Waals surface area contributed by atoms with Crippen LogP contribution >= 0.6 is 15.9 Å². The Hall–Kier alpha value is -1.88. The second kappa shape index (κ2) is 5.63. The molecule has 2 heterocycles. The minimum Gasteiger partial charge on any atom is -0.337 e. The molecular formula is C15H15BrN4. The van der Waals surface area contributed by atoms with E-state index in [0.717, 1.165) is 34.6 Å². The molecule has 102 valence electrons. The third kappa shape index (κ3) is 2.54. The number of rotatable bonds is 4. The lowest BCUT2D eigenvalue weighted by atomic mass is 10.1. The Kier molecular flexibility index (Phi) is 3.69. The van der Waals surface area contributed by atoms with Gasteiger partial charge in [0.2, 0.25) is 0 Å². The number of nitrogens with one attached hydrogen (secondary N) is 1. The van der Waals surface area contributed by atoms with Crippen molar-refractivity contribution in [1.82, 2.24) is 14.4 Å². The highest BCUT2D eigenvalue weighted by Gasteiger charge is 2.08. The van der Waals surface area contributed by atoms with Gasteiger partial charge in [-0.05, 0) is 34.0 Å². The Morgan fingerprint density at radius 3 is 3.00 bits per heavy atom. The second-order valence-electron chi connectivity index (χ2n) is 4.60. The smallest absolute Gasteiger partial charge is 0.180 e. The molecule has 0 radical (unpaired) electrons. The molecule has 4 nitrogen and oxygen atoms in total. The van der Waals surface area contributed by atoms with Crippen LogP contribution < -0.4 is 5.32 Å². The van der Waals surface area contributed by atoms with Crippen LogP contribution in [0.15, 0.2) is 47.5 Å². The summed E-state index contributed by atoms with van der Waals surface area (Å²) in [5.41, 5.74) is 3.20. The molecule has 0 spiro atoms. The number of aryl methyl sites for hydroxylation is 1. The van der Waals surface area contributed by atoms with Crippen LogP contribution in [0.4, 0.5) is 11.5 Å². The number of hydrogen-bond donors (Lipinski definition) is 1. The zero-order chi connectivity index (χ0) is 13.9. The lowest BCUT2D eigenvalue weighted by Crippen LogP contribution is -2.01. The molecule has 3 rings (SSSR count). The van der Waals surface area contributed by atoms with E-state index in [9.17, 15) is 0 Å². The lowest BCUT2D eigenvalue weighted by molar-refractivity contribution is 0.923. The van der Waals surface area contributed by atoms with Crippen molar-refractivity contribution in [2.24, 2.45) is 0 Å². The zero-order valence-corrected chi connectivity index (χ0v) is 12.8. The van der Waals surface area contributed by atoms with Gasteiger partial charge in [-0.25, -0.2) is 9.97 Å². The summed E-state index contributed by atoms with van der Waals surface area (Å²) in [7, 11) is 0. The van der Waals surface area contributed by atoms with Gasteiger partial charge in [0.15, 0.2) is 11.5 Å². The maximum atomic E-state index is 4.49. The maximum absolute atomic E-state index is 4.49. The lowest BCUT2D eigenvalue weighted by Gasteiger charge is -2.11. The van der Waals surface area contributed by atoms with E-state index in [-0.39, 0.29) is 0 Å². The van der Waals surface area contributed by atoms with Crippen LogP contribution in [0.2, 0.25) is 0 Å². The van der Waals surface area contributed by atoms with Gasteiger partial charge in [-0.15, -0.1) is 0 Å². The van der Waals surface area contributed by atoms with Gasteiger partial charge in [-0.1, -0.05) is 31.5 Å². The average molecular weight is 331 g/mol. The van der Waals surface area contributed by atoms with Crippen molar-refractivity contribution >= 4 is 33.1 Å². The number of aromatic nitrogens is 3. The molecule has 0 aliphatic carbocycles. The number of hydrogen-bond acceptors (Lipinski definition) is 3. The van der Waals surface area contributed by atoms with Gasteiger partial charge in [0.25, 0.3) is 0 Å². The molecule has 0 saturated heterocycles. The molecule has 20 heavy (non-hydrogen) atoms. The number of imidazole rings is 1. The van der Waals surface area contributed by atoms with E-state index in [1.807, 2.05) is 22.9 Å². The fourth-order valence-corrected chi connectivity index (χ4v) is 2.64. The SMILES string of the molecule is CCCc1ccccc1Nc1nc(Br)cn2ccnc12. The molecule has 0 saturated carbocycles. The Morgan fingerprint density at radius 2 is 2.15 bits per heavy atom. The number of halogens is 1. The van der Waals surface area contributed by atoms with E-state index >= 15 is 0 Å². The quantitative estimate of drug-likeness (QED) is 0.779. The van der Waals surface area contributed by atoms with E-state index in [1.165, 1.54) is 5.56 Å². The molecule has 0 amide bonds. The normalized spacial score (nSPS) is 10.9. The molecule has 3 aromatic rings. The third-order valence-electron chi connectivity index (χ3n) is 3.13. The highest BCUT2D eigenvalue weighted by atomic mass is 79.9. The Balaban J connectivity index is 2.03. The summed E-state index contributed by atoms with van der Waals surface area (Å²) >= 11 is 3.43. The standard InChI is InChI=1S/C15H15BrN4/c1-2-5-11-6-3-4-7-12(11)18-14-15-17-8-9-20(15)10-13(16)19-14/h3-4,6-10H,2,5H2,1H3,(H,18,19). The van der Waals surface area contributed by atoms with Crippen LogP contribution in [0.3, 0.4) is 0 Å². The summed E-state index contributed by atoms with van der Waals surface area (Å²) in [4.78, 5) is 8.84. The highest BCUT2D eigenvalue weighted by Crippen LogP contribution is 2.24. The molecule has 0 fully saturated rings. The predicted molar refractivity (Wildman–Crippen MR) is 84.4 cm³/mol. The van der Waals surface area contributed by atoms with E-state index in [1.54, 1.807) is 6.20 Å². The fraction of sp³-hybridized carbons (Fsp3) is 0.200. The van der Waals surface area contributed by atoms with Gasteiger partial charge < -0.3 is 9.72 Å². The molecule has 0 aliphatic rings. The summed E-state index contributed by atoms with van der Waals surface area (Å²) in [6, 6.07) is 8.32.